The molecule has 0 aromatic heterocycles. The lowest BCUT2D eigenvalue weighted by molar-refractivity contribution is 0.0956. The van der Waals surface area contributed by atoms with Gasteiger partial charge in [-0.05, 0) is 53.6 Å². The molecule has 3 rings (SSSR count). The summed E-state index contributed by atoms with van der Waals surface area (Å²) in [6.45, 7) is 0.462. The Balaban J connectivity index is 1.55. The molecule has 0 heterocycles. The number of anilines is 1. The topological polar surface area (TPSA) is 66.5 Å². The molecule has 1 N–H and O–H groups in total. The highest BCUT2D eigenvalue weighted by Crippen LogP contribution is 2.21. The number of carbonyl (C=O) groups excluding carboxylic acids is 1. The van der Waals surface area contributed by atoms with Crippen LogP contribution in [0.25, 0.3) is 0 Å². The van der Waals surface area contributed by atoms with E-state index in [0.717, 1.165) is 6.26 Å². The zero-order valence-electron chi connectivity index (χ0n) is 18.0. The molecule has 0 radical (unpaired) electrons. The van der Waals surface area contributed by atoms with E-state index in [4.69, 9.17) is 0 Å². The molecule has 3 aromatic carbocycles. The molecule has 5 nitrogen and oxygen atoms in total. The van der Waals surface area contributed by atoms with E-state index in [-0.39, 0.29) is 18.3 Å². The minimum atomic E-state index is -3.60. The van der Waals surface area contributed by atoms with Gasteiger partial charge in [-0.15, -0.1) is 0 Å². The standard InChI is InChI=1S/C24H24F2N2O3S2/c1-33(30,31)28(16-18-6-10-21(25)11-7-18)22-12-8-19(9-13-22)24(29)27-14-15-32-17-20-4-2-3-5-23(20)26/h2-13H,14-17H2,1H3,(H,27,29). The van der Waals surface area contributed by atoms with Crippen LogP contribution in [0.5, 0.6) is 0 Å². The fourth-order valence-corrected chi connectivity index (χ4v) is 4.80. The largest absolute Gasteiger partial charge is 0.351 e. The van der Waals surface area contributed by atoms with E-state index >= 15 is 0 Å². The van der Waals surface area contributed by atoms with Crippen molar-refractivity contribution in [2.24, 2.45) is 0 Å². The molecular weight excluding hydrogens is 466 g/mol. The molecule has 0 spiro atoms. The Morgan fingerprint density at radius 3 is 2.27 bits per heavy atom. The molecule has 0 fully saturated rings. The summed E-state index contributed by atoms with van der Waals surface area (Å²) in [5.74, 6) is 0.226. The van der Waals surface area contributed by atoms with Gasteiger partial charge >= 0.3 is 0 Å². The molecule has 0 saturated carbocycles. The highest BCUT2D eigenvalue weighted by molar-refractivity contribution is 7.98. The van der Waals surface area contributed by atoms with E-state index in [1.54, 1.807) is 42.5 Å². The van der Waals surface area contributed by atoms with Gasteiger partial charge in [-0.3, -0.25) is 9.10 Å². The average Bonchev–Trinajstić information content (AvgIpc) is 2.79. The molecule has 1 amide bonds. The van der Waals surface area contributed by atoms with E-state index < -0.39 is 15.8 Å². The van der Waals surface area contributed by atoms with Crippen LogP contribution < -0.4 is 9.62 Å². The Labute approximate surface area is 196 Å². The summed E-state index contributed by atoms with van der Waals surface area (Å²) >= 11 is 1.52. The number of rotatable bonds is 10. The first kappa shape index (κ1) is 24.7. The van der Waals surface area contributed by atoms with Gasteiger partial charge in [-0.25, -0.2) is 17.2 Å². The number of amides is 1. The third kappa shape index (κ3) is 7.30. The second-order valence-electron chi connectivity index (χ2n) is 7.34. The maximum absolute atomic E-state index is 13.6. The van der Waals surface area contributed by atoms with Crippen LogP contribution in [0.1, 0.15) is 21.5 Å². The smallest absolute Gasteiger partial charge is 0.251 e. The van der Waals surface area contributed by atoms with Crippen molar-refractivity contribution in [2.45, 2.75) is 12.3 Å². The number of carbonyl (C=O) groups is 1. The number of halogens is 2. The minimum absolute atomic E-state index is 0.0455. The SMILES string of the molecule is CS(=O)(=O)N(Cc1ccc(F)cc1)c1ccc(C(=O)NCCSCc2ccccc2F)cc1. The first-order chi connectivity index (χ1) is 15.7. The van der Waals surface area contributed by atoms with Crippen LogP contribution in [0.2, 0.25) is 0 Å². The van der Waals surface area contributed by atoms with Gasteiger partial charge in [0, 0.05) is 23.6 Å². The quantitative estimate of drug-likeness (QED) is 0.422. The van der Waals surface area contributed by atoms with Crippen LogP contribution in [0.3, 0.4) is 0 Å². The summed E-state index contributed by atoms with van der Waals surface area (Å²) in [4.78, 5) is 12.4. The van der Waals surface area contributed by atoms with Crippen molar-refractivity contribution in [1.29, 1.82) is 0 Å². The summed E-state index contributed by atoms with van der Waals surface area (Å²) < 4.78 is 52.5. The average molecular weight is 491 g/mol. The van der Waals surface area contributed by atoms with Gasteiger partial charge in [0.25, 0.3) is 5.91 Å². The molecule has 0 aliphatic rings. The highest BCUT2D eigenvalue weighted by atomic mass is 32.2. The van der Waals surface area contributed by atoms with E-state index in [0.29, 0.717) is 40.4 Å². The summed E-state index contributed by atoms with van der Waals surface area (Å²) in [6.07, 6.45) is 1.09. The first-order valence-electron chi connectivity index (χ1n) is 10.2. The maximum atomic E-state index is 13.6. The molecule has 0 aliphatic carbocycles. The van der Waals surface area contributed by atoms with E-state index in [9.17, 15) is 22.0 Å². The van der Waals surface area contributed by atoms with E-state index in [2.05, 4.69) is 5.32 Å². The Bertz CT molecular complexity index is 1190. The molecule has 33 heavy (non-hydrogen) atoms. The van der Waals surface area contributed by atoms with Crippen molar-refractivity contribution in [3.8, 4) is 0 Å². The number of hydrogen-bond donors (Lipinski definition) is 1. The molecule has 3 aromatic rings. The molecule has 174 valence electrons. The number of thioether (sulfide) groups is 1. The van der Waals surface area contributed by atoms with E-state index in [1.165, 1.54) is 46.4 Å². The van der Waals surface area contributed by atoms with Crippen LogP contribution in [0.4, 0.5) is 14.5 Å². The second kappa shape index (κ2) is 11.3. The first-order valence-corrected chi connectivity index (χ1v) is 13.2. The Kier molecular flexibility index (Phi) is 8.46. The Morgan fingerprint density at radius 1 is 0.970 bits per heavy atom. The fraction of sp³-hybridized carbons (Fsp3) is 0.208. The van der Waals surface area contributed by atoms with Gasteiger partial charge in [0.1, 0.15) is 11.6 Å². The zero-order chi connectivity index (χ0) is 23.8. The third-order valence-corrected chi connectivity index (χ3v) is 6.95. The lowest BCUT2D eigenvalue weighted by Gasteiger charge is -2.22. The number of nitrogens with one attached hydrogen (secondary N) is 1. The van der Waals surface area contributed by atoms with Crippen LogP contribution in [0.15, 0.2) is 72.8 Å². The fourth-order valence-electron chi connectivity index (χ4n) is 3.07. The number of hydrogen-bond acceptors (Lipinski definition) is 4. The number of nitrogens with zero attached hydrogens (tertiary/aromatic N) is 1. The van der Waals surface area contributed by atoms with Crippen LogP contribution in [-0.4, -0.2) is 32.9 Å². The molecule has 0 atom stereocenters. The van der Waals surface area contributed by atoms with Gasteiger partial charge in [-0.2, -0.15) is 11.8 Å². The van der Waals surface area contributed by atoms with Crippen LogP contribution >= 0.6 is 11.8 Å². The predicted molar refractivity (Wildman–Crippen MR) is 129 cm³/mol. The normalized spacial score (nSPS) is 11.2. The van der Waals surface area contributed by atoms with Gasteiger partial charge in [0.2, 0.25) is 10.0 Å². The van der Waals surface area contributed by atoms with Crippen molar-refractivity contribution in [1.82, 2.24) is 5.32 Å². The molecule has 0 aliphatic heterocycles. The van der Waals surface area contributed by atoms with Crippen molar-refractivity contribution < 1.29 is 22.0 Å². The molecule has 0 unspecified atom stereocenters. The molecule has 0 bridgehead atoms. The summed E-state index contributed by atoms with van der Waals surface area (Å²) in [5, 5.41) is 2.80. The van der Waals surface area contributed by atoms with Gasteiger partial charge in [-0.1, -0.05) is 30.3 Å². The van der Waals surface area contributed by atoms with Gasteiger partial charge in [0.05, 0.1) is 18.5 Å². The predicted octanol–water partition coefficient (Wildman–Crippen LogP) is 4.59. The summed E-state index contributed by atoms with van der Waals surface area (Å²) in [6, 6.07) is 18.4. The molecule has 0 saturated heterocycles. The van der Waals surface area contributed by atoms with Gasteiger partial charge in [0.15, 0.2) is 0 Å². The maximum Gasteiger partial charge on any atom is 0.251 e. The number of sulfonamides is 1. The van der Waals surface area contributed by atoms with Crippen molar-refractivity contribution in [2.75, 3.05) is 22.9 Å². The summed E-state index contributed by atoms with van der Waals surface area (Å²) in [5.41, 5.74) is 2.06. The third-order valence-electron chi connectivity index (χ3n) is 4.80. The lowest BCUT2D eigenvalue weighted by Crippen LogP contribution is -2.29. The molecular formula is C24H24F2N2O3S2. The zero-order valence-corrected chi connectivity index (χ0v) is 19.6. The second-order valence-corrected chi connectivity index (χ2v) is 10.4. The number of benzene rings is 3. The summed E-state index contributed by atoms with van der Waals surface area (Å²) in [7, 11) is -3.60. The van der Waals surface area contributed by atoms with E-state index in [1.807, 2.05) is 0 Å². The highest BCUT2D eigenvalue weighted by Gasteiger charge is 2.18. The minimum Gasteiger partial charge on any atom is -0.351 e. The van der Waals surface area contributed by atoms with Crippen LogP contribution in [-0.2, 0) is 22.3 Å². The van der Waals surface area contributed by atoms with Crippen LogP contribution in [0, 0.1) is 11.6 Å². The Hall–Kier alpha value is -2.91. The van der Waals surface area contributed by atoms with Crippen molar-refractivity contribution in [3.63, 3.8) is 0 Å². The van der Waals surface area contributed by atoms with Crippen molar-refractivity contribution >= 4 is 33.4 Å². The molecule has 9 heteroatoms. The van der Waals surface area contributed by atoms with Crippen molar-refractivity contribution in [3.05, 3.63) is 101 Å². The van der Waals surface area contributed by atoms with Gasteiger partial charge < -0.3 is 5.32 Å². The Morgan fingerprint density at radius 2 is 1.64 bits per heavy atom. The monoisotopic (exact) mass is 490 g/mol. The lowest BCUT2D eigenvalue weighted by atomic mass is 10.1.